The minimum absolute atomic E-state index is 0.0656. The Morgan fingerprint density at radius 3 is 2.46 bits per heavy atom. The summed E-state index contributed by atoms with van der Waals surface area (Å²) >= 11 is 0. The van der Waals surface area contributed by atoms with Gasteiger partial charge in [0.1, 0.15) is 0 Å². The van der Waals surface area contributed by atoms with Gasteiger partial charge >= 0.3 is 0 Å². The van der Waals surface area contributed by atoms with E-state index in [4.69, 9.17) is 9.47 Å². The molecule has 0 atom stereocenters. The minimum atomic E-state index is -0.0656. The van der Waals surface area contributed by atoms with Gasteiger partial charge in [0.2, 0.25) is 5.91 Å². The number of benzene rings is 2. The number of ether oxygens (including phenoxy) is 2. The van der Waals surface area contributed by atoms with E-state index in [2.05, 4.69) is 10.6 Å². The highest BCUT2D eigenvalue weighted by molar-refractivity contribution is 5.93. The first-order valence-electron chi connectivity index (χ1n) is 7.82. The summed E-state index contributed by atoms with van der Waals surface area (Å²) in [4.78, 5) is 12.1. The van der Waals surface area contributed by atoms with Gasteiger partial charge in [0.15, 0.2) is 11.5 Å². The molecule has 0 aliphatic carbocycles. The van der Waals surface area contributed by atoms with Gasteiger partial charge in [0, 0.05) is 12.2 Å². The summed E-state index contributed by atoms with van der Waals surface area (Å²) < 4.78 is 10.5. The zero-order valence-electron chi connectivity index (χ0n) is 14.6. The fourth-order valence-corrected chi connectivity index (χ4v) is 2.38. The fraction of sp³-hybridized carbons (Fsp3) is 0.316. The van der Waals surface area contributed by atoms with Gasteiger partial charge < -0.3 is 20.1 Å². The van der Waals surface area contributed by atoms with E-state index in [-0.39, 0.29) is 12.5 Å². The third kappa shape index (κ3) is 4.73. The summed E-state index contributed by atoms with van der Waals surface area (Å²) in [6, 6.07) is 11.7. The Labute approximate surface area is 143 Å². The first kappa shape index (κ1) is 17.8. The Kier molecular flexibility index (Phi) is 6.21. The molecule has 0 aliphatic heterocycles. The Morgan fingerprint density at radius 1 is 1.00 bits per heavy atom. The summed E-state index contributed by atoms with van der Waals surface area (Å²) in [5, 5.41) is 6.07. The molecule has 5 heteroatoms. The number of amides is 1. The quantitative estimate of drug-likeness (QED) is 0.820. The van der Waals surface area contributed by atoms with E-state index in [9.17, 15) is 4.79 Å². The molecule has 24 heavy (non-hydrogen) atoms. The van der Waals surface area contributed by atoms with Gasteiger partial charge in [-0.25, -0.2) is 0 Å². The molecule has 0 fully saturated rings. The first-order chi connectivity index (χ1) is 11.5. The molecule has 128 valence electrons. The molecule has 1 amide bonds. The molecular weight excluding hydrogens is 304 g/mol. The van der Waals surface area contributed by atoms with Gasteiger partial charge in [-0.2, -0.15) is 0 Å². The zero-order valence-corrected chi connectivity index (χ0v) is 14.6. The van der Waals surface area contributed by atoms with Crippen LogP contribution >= 0.6 is 0 Å². The lowest BCUT2D eigenvalue weighted by Crippen LogP contribution is -2.28. The average molecular weight is 328 g/mol. The number of hydrogen-bond donors (Lipinski definition) is 2. The Morgan fingerprint density at radius 2 is 1.75 bits per heavy atom. The van der Waals surface area contributed by atoms with Crippen LogP contribution in [-0.2, 0) is 11.3 Å². The van der Waals surface area contributed by atoms with Crippen LogP contribution in [0.1, 0.15) is 16.7 Å². The molecule has 0 unspecified atom stereocenters. The molecule has 0 saturated heterocycles. The number of anilines is 1. The monoisotopic (exact) mass is 328 g/mol. The van der Waals surface area contributed by atoms with E-state index in [1.54, 1.807) is 14.2 Å². The van der Waals surface area contributed by atoms with Crippen LogP contribution in [0.5, 0.6) is 11.5 Å². The number of nitrogens with one attached hydrogen (secondary N) is 2. The zero-order chi connectivity index (χ0) is 17.5. The van der Waals surface area contributed by atoms with Crippen LogP contribution in [0.3, 0.4) is 0 Å². The highest BCUT2D eigenvalue weighted by atomic mass is 16.5. The van der Waals surface area contributed by atoms with Crippen molar-refractivity contribution in [1.29, 1.82) is 0 Å². The lowest BCUT2D eigenvalue weighted by Gasteiger charge is -2.11. The molecule has 0 bridgehead atoms. The van der Waals surface area contributed by atoms with E-state index >= 15 is 0 Å². The van der Waals surface area contributed by atoms with Crippen molar-refractivity contribution in [1.82, 2.24) is 5.32 Å². The van der Waals surface area contributed by atoms with Gasteiger partial charge in [-0.3, -0.25) is 4.79 Å². The van der Waals surface area contributed by atoms with Crippen molar-refractivity contribution in [2.45, 2.75) is 20.4 Å². The summed E-state index contributed by atoms with van der Waals surface area (Å²) in [6.07, 6.45) is 0. The van der Waals surface area contributed by atoms with E-state index in [1.165, 1.54) is 0 Å². The standard InChI is InChI=1S/C19H24N2O3/c1-13-5-6-14(2)16(9-13)21-19(22)12-20-11-15-7-8-17(23-3)18(10-15)24-4/h5-10,20H,11-12H2,1-4H3,(H,21,22). The second-order valence-electron chi connectivity index (χ2n) is 5.66. The van der Waals surface area contributed by atoms with Crippen molar-refractivity contribution in [2.24, 2.45) is 0 Å². The maximum absolute atomic E-state index is 12.1. The lowest BCUT2D eigenvalue weighted by atomic mass is 10.1. The second kappa shape index (κ2) is 8.36. The van der Waals surface area contributed by atoms with Gasteiger partial charge in [0.05, 0.1) is 20.8 Å². The van der Waals surface area contributed by atoms with E-state index in [0.717, 1.165) is 22.4 Å². The molecule has 0 radical (unpaired) electrons. The largest absolute Gasteiger partial charge is 0.493 e. The summed E-state index contributed by atoms with van der Waals surface area (Å²) in [5.41, 5.74) is 4.04. The normalized spacial score (nSPS) is 10.3. The van der Waals surface area contributed by atoms with Crippen molar-refractivity contribution in [3.63, 3.8) is 0 Å². The van der Waals surface area contributed by atoms with Gasteiger partial charge in [-0.15, -0.1) is 0 Å². The van der Waals surface area contributed by atoms with Gasteiger partial charge in [0.25, 0.3) is 0 Å². The minimum Gasteiger partial charge on any atom is -0.493 e. The highest BCUT2D eigenvalue weighted by Gasteiger charge is 2.07. The van der Waals surface area contributed by atoms with Crippen molar-refractivity contribution < 1.29 is 14.3 Å². The molecule has 5 nitrogen and oxygen atoms in total. The van der Waals surface area contributed by atoms with Crippen molar-refractivity contribution in [2.75, 3.05) is 26.1 Å². The summed E-state index contributed by atoms with van der Waals surface area (Å²) in [7, 11) is 3.21. The number of methoxy groups -OCH3 is 2. The molecular formula is C19H24N2O3. The van der Waals surface area contributed by atoms with E-state index in [0.29, 0.717) is 18.0 Å². The molecule has 0 heterocycles. The molecule has 2 aromatic carbocycles. The maximum atomic E-state index is 12.1. The average Bonchev–Trinajstić information content (AvgIpc) is 2.58. The molecule has 2 aromatic rings. The number of aryl methyl sites for hydroxylation is 2. The van der Waals surface area contributed by atoms with Crippen molar-refractivity contribution in [3.05, 3.63) is 53.1 Å². The first-order valence-corrected chi connectivity index (χ1v) is 7.82. The Bertz CT molecular complexity index is 714. The van der Waals surface area contributed by atoms with Crippen LogP contribution < -0.4 is 20.1 Å². The highest BCUT2D eigenvalue weighted by Crippen LogP contribution is 2.27. The number of carbonyl (C=O) groups is 1. The third-order valence-electron chi connectivity index (χ3n) is 3.73. The van der Waals surface area contributed by atoms with Gasteiger partial charge in [-0.1, -0.05) is 18.2 Å². The Balaban J connectivity index is 1.87. The van der Waals surface area contributed by atoms with E-state index in [1.807, 2.05) is 50.2 Å². The van der Waals surface area contributed by atoms with Crippen molar-refractivity contribution >= 4 is 11.6 Å². The molecule has 2 rings (SSSR count). The predicted octanol–water partition coefficient (Wildman–Crippen LogP) is 3.05. The number of carbonyl (C=O) groups excluding carboxylic acids is 1. The molecule has 0 saturated carbocycles. The third-order valence-corrected chi connectivity index (χ3v) is 3.73. The number of rotatable bonds is 7. The predicted molar refractivity (Wildman–Crippen MR) is 95.8 cm³/mol. The molecule has 0 aliphatic rings. The molecule has 2 N–H and O–H groups in total. The van der Waals surface area contributed by atoms with Crippen LogP contribution in [0.2, 0.25) is 0 Å². The maximum Gasteiger partial charge on any atom is 0.238 e. The van der Waals surface area contributed by atoms with Crippen LogP contribution in [0.4, 0.5) is 5.69 Å². The topological polar surface area (TPSA) is 59.6 Å². The van der Waals surface area contributed by atoms with Crippen LogP contribution in [0.25, 0.3) is 0 Å². The Hall–Kier alpha value is -2.53. The number of hydrogen-bond acceptors (Lipinski definition) is 4. The van der Waals surface area contributed by atoms with Crippen LogP contribution in [0.15, 0.2) is 36.4 Å². The summed E-state index contributed by atoms with van der Waals surface area (Å²) in [6.45, 7) is 4.79. The van der Waals surface area contributed by atoms with E-state index < -0.39 is 0 Å². The van der Waals surface area contributed by atoms with Crippen LogP contribution in [-0.4, -0.2) is 26.7 Å². The molecule has 0 aromatic heterocycles. The lowest BCUT2D eigenvalue weighted by molar-refractivity contribution is -0.115. The van der Waals surface area contributed by atoms with Crippen LogP contribution in [0, 0.1) is 13.8 Å². The van der Waals surface area contributed by atoms with Crippen molar-refractivity contribution in [3.8, 4) is 11.5 Å². The second-order valence-corrected chi connectivity index (χ2v) is 5.66. The SMILES string of the molecule is COc1ccc(CNCC(=O)Nc2cc(C)ccc2C)cc1OC. The fourth-order valence-electron chi connectivity index (χ4n) is 2.38. The summed E-state index contributed by atoms with van der Waals surface area (Å²) in [5.74, 6) is 1.30. The smallest absolute Gasteiger partial charge is 0.238 e. The van der Waals surface area contributed by atoms with Gasteiger partial charge in [-0.05, 0) is 48.7 Å². The molecule has 0 spiro atoms.